The largest absolute Gasteiger partial charge is 0.382 e. The molecule has 18 heavy (non-hydrogen) atoms. The Bertz CT molecular complexity index is 519. The SMILES string of the molecule is C=Cc1nc2ccccc2n1CCOCCOC. The number of hydrogen-bond acceptors (Lipinski definition) is 3. The highest BCUT2D eigenvalue weighted by molar-refractivity contribution is 5.77. The van der Waals surface area contributed by atoms with Crippen molar-refractivity contribution in [1.29, 1.82) is 0 Å². The number of aromatic nitrogens is 2. The lowest BCUT2D eigenvalue weighted by Gasteiger charge is -2.07. The number of hydrogen-bond donors (Lipinski definition) is 0. The van der Waals surface area contributed by atoms with E-state index >= 15 is 0 Å². The Morgan fingerprint density at radius 3 is 2.89 bits per heavy atom. The highest BCUT2D eigenvalue weighted by Crippen LogP contribution is 2.16. The number of ether oxygens (including phenoxy) is 2. The van der Waals surface area contributed by atoms with Gasteiger partial charge in [0.25, 0.3) is 0 Å². The number of para-hydroxylation sites is 2. The minimum Gasteiger partial charge on any atom is -0.382 e. The lowest BCUT2D eigenvalue weighted by molar-refractivity contribution is 0.0669. The van der Waals surface area contributed by atoms with E-state index < -0.39 is 0 Å². The van der Waals surface area contributed by atoms with Gasteiger partial charge in [0.05, 0.1) is 30.9 Å². The molecule has 0 saturated carbocycles. The second-order valence-corrected chi connectivity index (χ2v) is 3.92. The fraction of sp³-hybridized carbons (Fsp3) is 0.357. The highest BCUT2D eigenvalue weighted by Gasteiger charge is 2.06. The first kappa shape index (κ1) is 12.8. The van der Waals surface area contributed by atoms with E-state index in [-0.39, 0.29) is 0 Å². The zero-order valence-electron chi connectivity index (χ0n) is 10.6. The summed E-state index contributed by atoms with van der Waals surface area (Å²) >= 11 is 0. The fourth-order valence-electron chi connectivity index (χ4n) is 1.89. The van der Waals surface area contributed by atoms with Crippen LogP contribution in [0.25, 0.3) is 17.1 Å². The van der Waals surface area contributed by atoms with Gasteiger partial charge in [-0.1, -0.05) is 18.7 Å². The zero-order valence-corrected chi connectivity index (χ0v) is 10.6. The number of benzene rings is 1. The Hall–Kier alpha value is -1.65. The topological polar surface area (TPSA) is 36.3 Å². The monoisotopic (exact) mass is 246 g/mol. The first-order valence-corrected chi connectivity index (χ1v) is 6.01. The van der Waals surface area contributed by atoms with Crippen LogP contribution in [0.1, 0.15) is 5.82 Å². The summed E-state index contributed by atoms with van der Waals surface area (Å²) in [5.41, 5.74) is 2.10. The van der Waals surface area contributed by atoms with Gasteiger partial charge in [0.15, 0.2) is 0 Å². The average Bonchev–Trinajstić information content (AvgIpc) is 2.77. The number of rotatable bonds is 7. The molecule has 0 saturated heterocycles. The van der Waals surface area contributed by atoms with E-state index in [4.69, 9.17) is 9.47 Å². The Balaban J connectivity index is 2.08. The molecule has 2 rings (SSSR count). The van der Waals surface area contributed by atoms with Gasteiger partial charge >= 0.3 is 0 Å². The summed E-state index contributed by atoms with van der Waals surface area (Å²) in [5, 5.41) is 0. The first-order valence-electron chi connectivity index (χ1n) is 6.01. The predicted molar refractivity (Wildman–Crippen MR) is 72.5 cm³/mol. The van der Waals surface area contributed by atoms with Crippen molar-refractivity contribution in [3.05, 3.63) is 36.7 Å². The molecule has 1 heterocycles. The summed E-state index contributed by atoms with van der Waals surface area (Å²) in [7, 11) is 1.67. The van der Waals surface area contributed by atoms with Crippen LogP contribution in [-0.2, 0) is 16.0 Å². The van der Waals surface area contributed by atoms with Crippen molar-refractivity contribution in [3.8, 4) is 0 Å². The summed E-state index contributed by atoms with van der Waals surface area (Å²) in [6.45, 7) is 6.45. The van der Waals surface area contributed by atoms with Crippen molar-refractivity contribution in [2.45, 2.75) is 6.54 Å². The van der Waals surface area contributed by atoms with E-state index in [9.17, 15) is 0 Å². The van der Waals surface area contributed by atoms with Crippen molar-refractivity contribution >= 4 is 17.1 Å². The molecule has 1 aromatic carbocycles. The van der Waals surface area contributed by atoms with Crippen LogP contribution >= 0.6 is 0 Å². The van der Waals surface area contributed by atoms with E-state index in [1.807, 2.05) is 18.2 Å². The van der Waals surface area contributed by atoms with Crippen molar-refractivity contribution in [3.63, 3.8) is 0 Å². The summed E-state index contributed by atoms with van der Waals surface area (Å²) in [5.74, 6) is 0.881. The molecule has 4 nitrogen and oxygen atoms in total. The maximum Gasteiger partial charge on any atom is 0.133 e. The molecule has 0 amide bonds. The third-order valence-electron chi connectivity index (χ3n) is 2.76. The van der Waals surface area contributed by atoms with Crippen LogP contribution in [0.2, 0.25) is 0 Å². The molecule has 4 heteroatoms. The molecular weight excluding hydrogens is 228 g/mol. The average molecular weight is 246 g/mol. The van der Waals surface area contributed by atoms with Gasteiger partial charge in [-0.25, -0.2) is 4.98 Å². The van der Waals surface area contributed by atoms with Crippen molar-refractivity contribution in [2.75, 3.05) is 26.9 Å². The minimum absolute atomic E-state index is 0.618. The number of methoxy groups -OCH3 is 1. The molecule has 0 fully saturated rings. The van der Waals surface area contributed by atoms with Crippen LogP contribution in [0.15, 0.2) is 30.8 Å². The van der Waals surface area contributed by atoms with Gasteiger partial charge in [-0.3, -0.25) is 0 Å². The van der Waals surface area contributed by atoms with Crippen LogP contribution in [0.3, 0.4) is 0 Å². The van der Waals surface area contributed by atoms with Gasteiger partial charge < -0.3 is 14.0 Å². The van der Waals surface area contributed by atoms with Gasteiger partial charge in [-0.15, -0.1) is 0 Å². The summed E-state index contributed by atoms with van der Waals surface area (Å²) in [4.78, 5) is 4.51. The quantitative estimate of drug-likeness (QED) is 0.704. The summed E-state index contributed by atoms with van der Waals surface area (Å²) < 4.78 is 12.5. The van der Waals surface area contributed by atoms with E-state index in [1.54, 1.807) is 13.2 Å². The molecule has 0 unspecified atom stereocenters. The molecule has 0 N–H and O–H groups in total. The lowest BCUT2D eigenvalue weighted by Crippen LogP contribution is -2.10. The zero-order chi connectivity index (χ0) is 12.8. The van der Waals surface area contributed by atoms with Crippen molar-refractivity contribution in [1.82, 2.24) is 9.55 Å². The predicted octanol–water partition coefficient (Wildman–Crippen LogP) is 2.34. The fourth-order valence-corrected chi connectivity index (χ4v) is 1.89. The highest BCUT2D eigenvalue weighted by atomic mass is 16.5. The molecule has 0 aliphatic heterocycles. The molecule has 0 bridgehead atoms. The normalized spacial score (nSPS) is 10.9. The van der Waals surface area contributed by atoms with Crippen molar-refractivity contribution in [2.24, 2.45) is 0 Å². The van der Waals surface area contributed by atoms with Crippen LogP contribution in [0.4, 0.5) is 0 Å². The number of imidazole rings is 1. The van der Waals surface area contributed by atoms with Gasteiger partial charge in [0.1, 0.15) is 5.82 Å². The molecule has 0 atom stereocenters. The standard InChI is InChI=1S/C14H18N2O2/c1-3-14-15-12-6-4-5-7-13(12)16(14)8-9-18-11-10-17-2/h3-7H,1,8-11H2,2H3. The van der Waals surface area contributed by atoms with Gasteiger partial charge in [0, 0.05) is 13.7 Å². The lowest BCUT2D eigenvalue weighted by atomic mass is 10.3. The summed E-state index contributed by atoms with van der Waals surface area (Å²) in [6, 6.07) is 8.07. The van der Waals surface area contributed by atoms with E-state index in [1.165, 1.54) is 0 Å². The maximum atomic E-state index is 5.49. The van der Waals surface area contributed by atoms with Crippen LogP contribution < -0.4 is 0 Å². The van der Waals surface area contributed by atoms with Crippen LogP contribution in [-0.4, -0.2) is 36.5 Å². The Morgan fingerprint density at radius 1 is 1.28 bits per heavy atom. The van der Waals surface area contributed by atoms with Gasteiger partial charge in [-0.2, -0.15) is 0 Å². The minimum atomic E-state index is 0.618. The van der Waals surface area contributed by atoms with E-state index in [2.05, 4.69) is 22.2 Å². The molecule has 1 aromatic heterocycles. The second-order valence-electron chi connectivity index (χ2n) is 3.92. The Labute approximate surface area is 107 Å². The second kappa shape index (κ2) is 6.33. The Morgan fingerprint density at radius 2 is 2.11 bits per heavy atom. The third-order valence-corrected chi connectivity index (χ3v) is 2.76. The molecule has 0 radical (unpaired) electrons. The van der Waals surface area contributed by atoms with Gasteiger partial charge in [-0.05, 0) is 18.2 Å². The molecule has 0 spiro atoms. The van der Waals surface area contributed by atoms with E-state index in [0.717, 1.165) is 23.4 Å². The summed E-state index contributed by atoms with van der Waals surface area (Å²) in [6.07, 6.45) is 1.77. The third kappa shape index (κ3) is 2.78. The molecular formula is C14H18N2O2. The molecule has 0 aliphatic carbocycles. The van der Waals surface area contributed by atoms with Crippen molar-refractivity contribution < 1.29 is 9.47 Å². The first-order chi connectivity index (χ1) is 8.86. The van der Waals surface area contributed by atoms with Crippen LogP contribution in [0.5, 0.6) is 0 Å². The number of nitrogens with zero attached hydrogens (tertiary/aromatic N) is 2. The van der Waals surface area contributed by atoms with E-state index in [0.29, 0.717) is 19.8 Å². The van der Waals surface area contributed by atoms with Gasteiger partial charge in [0.2, 0.25) is 0 Å². The molecule has 0 aliphatic rings. The maximum absolute atomic E-state index is 5.49. The number of fused-ring (bicyclic) bond motifs is 1. The smallest absolute Gasteiger partial charge is 0.133 e. The Kier molecular flexibility index (Phi) is 4.50. The molecule has 2 aromatic rings. The molecule has 96 valence electrons. The van der Waals surface area contributed by atoms with Crippen LogP contribution in [0, 0.1) is 0 Å².